The highest BCUT2D eigenvalue weighted by atomic mass is 16.3. The molecule has 19 heavy (non-hydrogen) atoms. The van der Waals surface area contributed by atoms with Crippen LogP contribution in [0.1, 0.15) is 51.4 Å². The standard InChI is InChI=1S/C17H24O2/c18-16(14-7-10-1-3-12(14)5-10)9-17(19)15-8-11-2-4-13(15)6-11/h9-15,18H,1-8H2. The van der Waals surface area contributed by atoms with Crippen molar-refractivity contribution < 1.29 is 9.90 Å². The molecule has 4 fully saturated rings. The van der Waals surface area contributed by atoms with Gasteiger partial charge in [0.2, 0.25) is 0 Å². The fraction of sp³-hybridized carbons (Fsp3) is 0.824. The van der Waals surface area contributed by atoms with Gasteiger partial charge in [0.1, 0.15) is 0 Å². The predicted molar refractivity (Wildman–Crippen MR) is 73.6 cm³/mol. The maximum Gasteiger partial charge on any atom is 0.162 e. The van der Waals surface area contributed by atoms with Gasteiger partial charge in [0.25, 0.3) is 0 Å². The topological polar surface area (TPSA) is 37.3 Å². The fourth-order valence-corrected chi connectivity index (χ4v) is 5.56. The minimum atomic E-state index is 0.229. The molecule has 0 aromatic rings. The molecule has 6 atom stereocenters. The van der Waals surface area contributed by atoms with Gasteiger partial charge in [-0.15, -0.1) is 0 Å². The lowest BCUT2D eigenvalue weighted by Crippen LogP contribution is -2.21. The average Bonchev–Trinajstić information content (AvgIpc) is 3.17. The van der Waals surface area contributed by atoms with Crippen LogP contribution < -0.4 is 0 Å². The Labute approximate surface area is 115 Å². The second-order valence-corrected chi connectivity index (χ2v) is 7.53. The summed E-state index contributed by atoms with van der Waals surface area (Å²) in [4.78, 5) is 12.4. The Kier molecular flexibility index (Phi) is 2.75. The summed E-state index contributed by atoms with van der Waals surface area (Å²) in [6.45, 7) is 0. The number of rotatable bonds is 3. The molecule has 4 aliphatic carbocycles. The van der Waals surface area contributed by atoms with E-state index in [9.17, 15) is 9.90 Å². The Morgan fingerprint density at radius 3 is 1.89 bits per heavy atom. The number of aliphatic hydroxyl groups excluding tert-OH is 1. The van der Waals surface area contributed by atoms with Crippen LogP contribution >= 0.6 is 0 Å². The van der Waals surface area contributed by atoms with E-state index in [4.69, 9.17) is 0 Å². The van der Waals surface area contributed by atoms with Crippen LogP contribution in [0.4, 0.5) is 0 Å². The number of hydrogen-bond acceptors (Lipinski definition) is 2. The maximum absolute atomic E-state index is 12.4. The molecule has 0 aliphatic heterocycles. The van der Waals surface area contributed by atoms with Gasteiger partial charge in [0, 0.05) is 17.9 Å². The number of carbonyl (C=O) groups is 1. The van der Waals surface area contributed by atoms with Crippen LogP contribution in [-0.4, -0.2) is 10.9 Å². The van der Waals surface area contributed by atoms with Crippen molar-refractivity contribution in [3.8, 4) is 0 Å². The largest absolute Gasteiger partial charge is 0.512 e. The van der Waals surface area contributed by atoms with Crippen LogP contribution in [-0.2, 0) is 4.79 Å². The highest BCUT2D eigenvalue weighted by molar-refractivity contribution is 5.92. The third-order valence-corrected chi connectivity index (χ3v) is 6.51. The van der Waals surface area contributed by atoms with E-state index in [-0.39, 0.29) is 11.7 Å². The van der Waals surface area contributed by atoms with Crippen molar-refractivity contribution in [2.75, 3.05) is 0 Å². The van der Waals surface area contributed by atoms with Gasteiger partial charge in [-0.05, 0) is 62.2 Å². The Morgan fingerprint density at radius 2 is 1.42 bits per heavy atom. The minimum absolute atomic E-state index is 0.229. The van der Waals surface area contributed by atoms with Crippen molar-refractivity contribution in [1.29, 1.82) is 0 Å². The lowest BCUT2D eigenvalue weighted by molar-refractivity contribution is -0.119. The van der Waals surface area contributed by atoms with Crippen LogP contribution in [0.15, 0.2) is 11.8 Å². The average molecular weight is 260 g/mol. The molecule has 0 aromatic heterocycles. The van der Waals surface area contributed by atoms with E-state index in [1.54, 1.807) is 6.08 Å². The summed E-state index contributed by atoms with van der Waals surface area (Å²) in [6.07, 6.45) is 11.5. The lowest BCUT2D eigenvalue weighted by Gasteiger charge is -2.22. The molecule has 0 amide bonds. The molecule has 1 N–H and O–H groups in total. The van der Waals surface area contributed by atoms with E-state index in [0.29, 0.717) is 23.5 Å². The van der Waals surface area contributed by atoms with Crippen molar-refractivity contribution in [3.63, 3.8) is 0 Å². The van der Waals surface area contributed by atoms with Crippen LogP contribution in [0.25, 0.3) is 0 Å². The van der Waals surface area contributed by atoms with Crippen molar-refractivity contribution in [2.45, 2.75) is 51.4 Å². The van der Waals surface area contributed by atoms with Crippen molar-refractivity contribution in [2.24, 2.45) is 35.5 Å². The van der Waals surface area contributed by atoms with Gasteiger partial charge in [-0.3, -0.25) is 4.79 Å². The van der Waals surface area contributed by atoms with Crippen molar-refractivity contribution in [3.05, 3.63) is 11.8 Å². The number of allylic oxidation sites excluding steroid dienone is 2. The predicted octanol–water partition coefficient (Wildman–Crippen LogP) is 3.87. The normalized spacial score (nSPS) is 48.1. The van der Waals surface area contributed by atoms with Gasteiger partial charge in [-0.25, -0.2) is 0 Å². The van der Waals surface area contributed by atoms with Crippen molar-refractivity contribution >= 4 is 5.78 Å². The molecule has 6 unspecified atom stereocenters. The van der Waals surface area contributed by atoms with E-state index in [2.05, 4.69) is 0 Å². The highest BCUT2D eigenvalue weighted by Crippen LogP contribution is 2.51. The molecule has 4 saturated carbocycles. The number of carbonyl (C=O) groups excluding carboxylic acids is 1. The van der Waals surface area contributed by atoms with Crippen LogP contribution in [0.3, 0.4) is 0 Å². The monoisotopic (exact) mass is 260 g/mol. The molecule has 4 rings (SSSR count). The van der Waals surface area contributed by atoms with Gasteiger partial charge in [0.15, 0.2) is 5.78 Å². The van der Waals surface area contributed by atoms with Gasteiger partial charge < -0.3 is 5.11 Å². The second kappa shape index (κ2) is 4.36. The van der Waals surface area contributed by atoms with E-state index < -0.39 is 0 Å². The zero-order valence-electron chi connectivity index (χ0n) is 11.6. The Morgan fingerprint density at radius 1 is 0.842 bits per heavy atom. The van der Waals surface area contributed by atoms with Crippen molar-refractivity contribution in [1.82, 2.24) is 0 Å². The highest BCUT2D eigenvalue weighted by Gasteiger charge is 2.44. The number of hydrogen-bond donors (Lipinski definition) is 1. The first-order chi connectivity index (χ1) is 9.20. The number of ketones is 1. The molecule has 4 aliphatic rings. The van der Waals surface area contributed by atoms with Crippen LogP contribution in [0.2, 0.25) is 0 Å². The van der Waals surface area contributed by atoms with Crippen LogP contribution in [0, 0.1) is 35.5 Å². The van der Waals surface area contributed by atoms with E-state index in [0.717, 1.165) is 24.7 Å². The summed E-state index contributed by atoms with van der Waals surface area (Å²) in [7, 11) is 0. The Bertz CT molecular complexity index is 425. The van der Waals surface area contributed by atoms with E-state index in [1.165, 1.54) is 38.5 Å². The minimum Gasteiger partial charge on any atom is -0.512 e. The number of aliphatic hydroxyl groups is 1. The molecule has 2 nitrogen and oxygen atoms in total. The molecule has 0 spiro atoms. The van der Waals surface area contributed by atoms with E-state index in [1.807, 2.05) is 0 Å². The Hall–Kier alpha value is -0.790. The lowest BCUT2D eigenvalue weighted by atomic mass is 9.83. The molecule has 0 aromatic carbocycles. The molecule has 4 bridgehead atoms. The maximum atomic E-state index is 12.4. The first kappa shape index (κ1) is 12.0. The summed E-state index contributed by atoms with van der Waals surface area (Å²) in [5, 5.41) is 10.3. The third-order valence-electron chi connectivity index (χ3n) is 6.51. The smallest absolute Gasteiger partial charge is 0.162 e. The molecule has 0 heterocycles. The zero-order chi connectivity index (χ0) is 13.0. The first-order valence-corrected chi connectivity index (χ1v) is 8.15. The zero-order valence-corrected chi connectivity index (χ0v) is 11.6. The molecule has 104 valence electrons. The third kappa shape index (κ3) is 1.95. The van der Waals surface area contributed by atoms with Gasteiger partial charge in [-0.1, -0.05) is 12.8 Å². The summed E-state index contributed by atoms with van der Waals surface area (Å²) >= 11 is 0. The second-order valence-electron chi connectivity index (χ2n) is 7.53. The Balaban J connectivity index is 1.45. The number of fused-ring (bicyclic) bond motifs is 4. The van der Waals surface area contributed by atoms with E-state index >= 15 is 0 Å². The summed E-state index contributed by atoms with van der Waals surface area (Å²) in [5.74, 6) is 4.10. The van der Waals surface area contributed by atoms with Gasteiger partial charge in [0.05, 0.1) is 5.76 Å². The quantitative estimate of drug-likeness (QED) is 0.618. The first-order valence-electron chi connectivity index (χ1n) is 8.15. The molecule has 2 heteroatoms. The summed E-state index contributed by atoms with van der Waals surface area (Å²) in [6, 6.07) is 0. The summed E-state index contributed by atoms with van der Waals surface area (Å²) in [5.41, 5.74) is 0. The van der Waals surface area contributed by atoms with Crippen LogP contribution in [0.5, 0.6) is 0 Å². The fourth-order valence-electron chi connectivity index (χ4n) is 5.56. The van der Waals surface area contributed by atoms with Gasteiger partial charge in [-0.2, -0.15) is 0 Å². The molecular weight excluding hydrogens is 236 g/mol. The molecule has 0 radical (unpaired) electrons. The summed E-state index contributed by atoms with van der Waals surface area (Å²) < 4.78 is 0. The van der Waals surface area contributed by atoms with Gasteiger partial charge >= 0.3 is 0 Å². The molecular formula is C17H24O2. The molecule has 0 saturated heterocycles. The SMILES string of the molecule is O=C(C=C(O)C1CC2CCC1C2)C1CC2CCC1C2.